The number of nitrogens with zero attached hydrogens (tertiary/aromatic N) is 3. The molecule has 0 radical (unpaired) electrons. The first-order chi connectivity index (χ1) is 9.73. The quantitative estimate of drug-likeness (QED) is 0.840. The van der Waals surface area contributed by atoms with Gasteiger partial charge in [0.25, 0.3) is 0 Å². The minimum absolute atomic E-state index is 0.449. The fourth-order valence-corrected chi connectivity index (χ4v) is 3.14. The number of ether oxygens (including phenoxy) is 1. The Bertz CT molecular complexity index is 717. The van der Waals surface area contributed by atoms with Gasteiger partial charge >= 0.3 is 0 Å². The van der Waals surface area contributed by atoms with Gasteiger partial charge in [0.15, 0.2) is 0 Å². The van der Waals surface area contributed by atoms with Crippen LogP contribution in [0.25, 0.3) is 11.0 Å². The Morgan fingerprint density at radius 1 is 1.40 bits per heavy atom. The van der Waals surface area contributed by atoms with Crippen molar-refractivity contribution in [3.05, 3.63) is 29.6 Å². The fraction of sp³-hybridized carbons (Fsp3) is 0.500. The minimum Gasteiger partial charge on any atom is -0.377 e. The molecule has 4 nitrogen and oxygen atoms in total. The number of imidazole rings is 1. The Morgan fingerprint density at radius 3 is 2.75 bits per heavy atom. The number of rotatable bonds is 2. The van der Waals surface area contributed by atoms with Crippen molar-refractivity contribution >= 4 is 11.0 Å². The molecular formula is C16H17N3O. The SMILES string of the molecule is Cn1c(C2CCC2)nc2ccc(C3(C#N)COC3)cc21. The molecule has 0 amide bonds. The maximum atomic E-state index is 9.42. The molecule has 2 aliphatic rings. The normalized spacial score (nSPS) is 21.2. The van der Waals surface area contributed by atoms with E-state index in [1.807, 2.05) is 12.1 Å². The van der Waals surface area contributed by atoms with Gasteiger partial charge in [-0.3, -0.25) is 0 Å². The summed E-state index contributed by atoms with van der Waals surface area (Å²) in [5, 5.41) is 9.42. The first kappa shape index (κ1) is 11.9. The molecular weight excluding hydrogens is 250 g/mol. The topological polar surface area (TPSA) is 50.8 Å². The van der Waals surface area contributed by atoms with E-state index in [9.17, 15) is 5.26 Å². The summed E-state index contributed by atoms with van der Waals surface area (Å²) >= 11 is 0. The summed E-state index contributed by atoms with van der Waals surface area (Å²) in [4.78, 5) is 4.78. The third kappa shape index (κ3) is 1.47. The van der Waals surface area contributed by atoms with E-state index in [0.717, 1.165) is 16.6 Å². The van der Waals surface area contributed by atoms with E-state index >= 15 is 0 Å². The lowest BCUT2D eigenvalue weighted by Crippen LogP contribution is -2.45. The van der Waals surface area contributed by atoms with Crippen LogP contribution in [0.1, 0.15) is 36.6 Å². The third-order valence-electron chi connectivity index (χ3n) is 4.85. The highest BCUT2D eigenvalue weighted by Gasteiger charge is 2.41. The average Bonchev–Trinajstić information content (AvgIpc) is 2.65. The Morgan fingerprint density at radius 2 is 2.20 bits per heavy atom. The summed E-state index contributed by atoms with van der Waals surface area (Å²) in [6, 6.07) is 8.61. The lowest BCUT2D eigenvalue weighted by atomic mass is 9.80. The first-order valence-corrected chi connectivity index (χ1v) is 7.19. The zero-order valence-corrected chi connectivity index (χ0v) is 11.6. The molecule has 2 heterocycles. The van der Waals surface area contributed by atoms with E-state index < -0.39 is 5.41 Å². The predicted molar refractivity (Wildman–Crippen MR) is 75.4 cm³/mol. The van der Waals surface area contributed by atoms with Crippen molar-refractivity contribution in [3.63, 3.8) is 0 Å². The number of hydrogen-bond acceptors (Lipinski definition) is 3. The molecule has 0 spiro atoms. The van der Waals surface area contributed by atoms with Gasteiger partial charge in [0.1, 0.15) is 11.2 Å². The van der Waals surface area contributed by atoms with Gasteiger partial charge < -0.3 is 9.30 Å². The molecule has 1 aliphatic carbocycles. The molecule has 102 valence electrons. The van der Waals surface area contributed by atoms with Crippen LogP contribution in [0.2, 0.25) is 0 Å². The second kappa shape index (κ2) is 4.07. The molecule has 1 saturated heterocycles. The van der Waals surface area contributed by atoms with E-state index in [1.165, 1.54) is 25.1 Å². The van der Waals surface area contributed by atoms with E-state index in [-0.39, 0.29) is 0 Å². The standard InChI is InChI=1S/C16H17N3O/c1-19-14-7-12(16(8-17)9-20-10-16)5-6-13(14)18-15(19)11-3-2-4-11/h5-7,11H,2-4,9-10H2,1H3. The Labute approximate surface area is 118 Å². The summed E-state index contributed by atoms with van der Waals surface area (Å²) in [7, 11) is 2.09. The Balaban J connectivity index is 1.83. The number of hydrogen-bond donors (Lipinski definition) is 0. The monoisotopic (exact) mass is 267 g/mol. The third-order valence-corrected chi connectivity index (χ3v) is 4.85. The van der Waals surface area contributed by atoms with Crippen molar-refractivity contribution in [1.82, 2.24) is 9.55 Å². The van der Waals surface area contributed by atoms with E-state index in [0.29, 0.717) is 19.1 Å². The van der Waals surface area contributed by atoms with Crippen LogP contribution in [0.4, 0.5) is 0 Å². The van der Waals surface area contributed by atoms with Crippen molar-refractivity contribution in [2.75, 3.05) is 13.2 Å². The van der Waals surface area contributed by atoms with Crippen LogP contribution in [0, 0.1) is 11.3 Å². The summed E-state index contributed by atoms with van der Waals surface area (Å²) in [6.45, 7) is 1.00. The number of aromatic nitrogens is 2. The van der Waals surface area contributed by atoms with Crippen LogP contribution in [-0.4, -0.2) is 22.8 Å². The lowest BCUT2D eigenvalue weighted by Gasteiger charge is -2.35. The van der Waals surface area contributed by atoms with E-state index in [2.05, 4.69) is 23.8 Å². The van der Waals surface area contributed by atoms with Crippen molar-refractivity contribution in [2.45, 2.75) is 30.6 Å². The molecule has 4 rings (SSSR count). The fourth-order valence-electron chi connectivity index (χ4n) is 3.14. The molecule has 0 N–H and O–H groups in total. The van der Waals surface area contributed by atoms with Crippen LogP contribution < -0.4 is 0 Å². The summed E-state index contributed by atoms with van der Waals surface area (Å²) in [5.74, 6) is 1.81. The van der Waals surface area contributed by atoms with Gasteiger partial charge in [0, 0.05) is 13.0 Å². The summed E-state index contributed by atoms with van der Waals surface area (Å²) in [5.41, 5.74) is 2.77. The largest absolute Gasteiger partial charge is 0.377 e. The first-order valence-electron chi connectivity index (χ1n) is 7.19. The van der Waals surface area contributed by atoms with Crippen LogP contribution in [-0.2, 0) is 17.2 Å². The number of nitriles is 1. The van der Waals surface area contributed by atoms with E-state index in [1.54, 1.807) is 0 Å². The van der Waals surface area contributed by atoms with Crippen LogP contribution in [0.3, 0.4) is 0 Å². The summed E-state index contributed by atoms with van der Waals surface area (Å²) in [6.07, 6.45) is 3.81. The predicted octanol–water partition coefficient (Wildman–Crippen LogP) is 2.63. The van der Waals surface area contributed by atoms with E-state index in [4.69, 9.17) is 9.72 Å². The maximum Gasteiger partial charge on any atom is 0.129 e. The molecule has 0 unspecified atom stereocenters. The molecule has 0 atom stereocenters. The molecule has 2 aromatic rings. The number of aryl methyl sites for hydroxylation is 1. The van der Waals surface area contributed by atoms with Crippen molar-refractivity contribution < 1.29 is 4.74 Å². The van der Waals surface area contributed by atoms with Gasteiger partial charge in [-0.25, -0.2) is 4.98 Å². The number of fused-ring (bicyclic) bond motifs is 1. The Kier molecular flexibility index (Phi) is 2.42. The molecule has 20 heavy (non-hydrogen) atoms. The molecule has 1 aromatic heterocycles. The smallest absolute Gasteiger partial charge is 0.129 e. The lowest BCUT2D eigenvalue weighted by molar-refractivity contribution is -0.0297. The highest BCUT2D eigenvalue weighted by atomic mass is 16.5. The van der Waals surface area contributed by atoms with Gasteiger partial charge in [-0.05, 0) is 30.5 Å². The van der Waals surface area contributed by atoms with Crippen LogP contribution >= 0.6 is 0 Å². The molecule has 1 aliphatic heterocycles. The number of benzene rings is 1. The maximum absolute atomic E-state index is 9.42. The Hall–Kier alpha value is -1.86. The van der Waals surface area contributed by atoms with Gasteiger partial charge in [-0.1, -0.05) is 12.5 Å². The van der Waals surface area contributed by atoms with Crippen LogP contribution in [0.5, 0.6) is 0 Å². The molecule has 1 aromatic carbocycles. The summed E-state index contributed by atoms with van der Waals surface area (Å²) < 4.78 is 7.45. The van der Waals surface area contributed by atoms with Gasteiger partial charge in [0.2, 0.25) is 0 Å². The zero-order chi connectivity index (χ0) is 13.7. The van der Waals surface area contributed by atoms with Crippen molar-refractivity contribution in [2.24, 2.45) is 7.05 Å². The van der Waals surface area contributed by atoms with Gasteiger partial charge in [-0.15, -0.1) is 0 Å². The molecule has 2 fully saturated rings. The van der Waals surface area contributed by atoms with Gasteiger partial charge in [-0.2, -0.15) is 5.26 Å². The molecule has 1 saturated carbocycles. The van der Waals surface area contributed by atoms with Crippen LogP contribution in [0.15, 0.2) is 18.2 Å². The zero-order valence-electron chi connectivity index (χ0n) is 11.6. The highest BCUT2D eigenvalue weighted by Crippen LogP contribution is 2.38. The van der Waals surface area contributed by atoms with Crippen molar-refractivity contribution in [1.29, 1.82) is 5.26 Å². The second-order valence-electron chi connectivity index (χ2n) is 6.05. The molecule has 0 bridgehead atoms. The average molecular weight is 267 g/mol. The second-order valence-corrected chi connectivity index (χ2v) is 6.05. The van der Waals surface area contributed by atoms with Gasteiger partial charge in [0.05, 0.1) is 30.3 Å². The molecule has 4 heteroatoms. The highest BCUT2D eigenvalue weighted by molar-refractivity contribution is 5.77. The minimum atomic E-state index is -0.449. The van der Waals surface area contributed by atoms with Crippen molar-refractivity contribution in [3.8, 4) is 6.07 Å².